The number of hydrogen-bond donors (Lipinski definition) is 1. The van der Waals surface area contributed by atoms with Crippen LogP contribution in [0.25, 0.3) is 11.0 Å². The van der Waals surface area contributed by atoms with Crippen molar-refractivity contribution in [1.82, 2.24) is 4.90 Å². The summed E-state index contributed by atoms with van der Waals surface area (Å²) in [5, 5.41) is 0.487. The summed E-state index contributed by atoms with van der Waals surface area (Å²) in [5.74, 6) is -0.158. The van der Waals surface area contributed by atoms with E-state index in [0.29, 0.717) is 24.1 Å². The number of hydrogen-bond acceptors (Lipinski definition) is 4. The van der Waals surface area contributed by atoms with Gasteiger partial charge in [0.25, 0.3) is 5.91 Å². The monoisotopic (exact) mass is 272 g/mol. The molecule has 0 aliphatic carbocycles. The second-order valence-corrected chi connectivity index (χ2v) is 5.00. The van der Waals surface area contributed by atoms with Gasteiger partial charge in [-0.15, -0.1) is 0 Å². The average Bonchev–Trinajstić information content (AvgIpc) is 2.95. The van der Waals surface area contributed by atoms with Crippen molar-refractivity contribution in [2.45, 2.75) is 18.9 Å². The molecule has 5 nitrogen and oxygen atoms in total. The smallest absolute Gasteiger partial charge is 0.290 e. The summed E-state index contributed by atoms with van der Waals surface area (Å²) in [6, 6.07) is 8.24. The van der Waals surface area contributed by atoms with Crippen LogP contribution in [-0.4, -0.2) is 29.9 Å². The van der Waals surface area contributed by atoms with Gasteiger partial charge < -0.3 is 15.1 Å². The average molecular weight is 272 g/mol. The molecule has 1 fully saturated rings. The molecule has 1 atom stereocenters. The van der Waals surface area contributed by atoms with Crippen molar-refractivity contribution in [1.29, 1.82) is 0 Å². The maximum absolute atomic E-state index is 12.4. The number of fused-ring (bicyclic) bond motifs is 1. The summed E-state index contributed by atoms with van der Waals surface area (Å²) in [6.07, 6.45) is 1.84. The van der Waals surface area contributed by atoms with Crippen LogP contribution in [0.2, 0.25) is 0 Å². The fourth-order valence-electron chi connectivity index (χ4n) is 2.70. The van der Waals surface area contributed by atoms with E-state index in [2.05, 4.69) is 0 Å². The molecule has 1 aromatic carbocycles. The zero-order chi connectivity index (χ0) is 14.1. The molecule has 3 rings (SSSR count). The van der Waals surface area contributed by atoms with Crippen molar-refractivity contribution in [3.63, 3.8) is 0 Å². The van der Waals surface area contributed by atoms with Gasteiger partial charge in [-0.25, -0.2) is 0 Å². The number of likely N-dealkylation sites (tertiary alicyclic amines) is 1. The Kier molecular flexibility index (Phi) is 3.28. The van der Waals surface area contributed by atoms with Crippen LogP contribution in [0.4, 0.5) is 0 Å². The highest BCUT2D eigenvalue weighted by atomic mass is 16.3. The van der Waals surface area contributed by atoms with Crippen molar-refractivity contribution in [3.8, 4) is 0 Å². The molecule has 2 aromatic rings. The SMILES string of the molecule is NCC1CCCN1C(=O)c1cc(=O)c2ccccc2o1. The third-order valence-electron chi connectivity index (χ3n) is 3.76. The lowest BCUT2D eigenvalue weighted by Gasteiger charge is -2.22. The van der Waals surface area contributed by atoms with Gasteiger partial charge in [0.05, 0.1) is 5.39 Å². The number of rotatable bonds is 2. The molecule has 1 saturated heterocycles. The Balaban J connectivity index is 2.02. The molecule has 1 unspecified atom stereocenters. The Hall–Kier alpha value is -2.14. The molecule has 20 heavy (non-hydrogen) atoms. The fourth-order valence-corrected chi connectivity index (χ4v) is 2.70. The number of nitrogens with two attached hydrogens (primary N) is 1. The summed E-state index contributed by atoms with van der Waals surface area (Å²) in [4.78, 5) is 26.2. The third-order valence-corrected chi connectivity index (χ3v) is 3.76. The molecular weight excluding hydrogens is 256 g/mol. The summed E-state index contributed by atoms with van der Waals surface area (Å²) in [5.41, 5.74) is 5.92. The molecule has 104 valence electrons. The fraction of sp³-hybridized carbons (Fsp3) is 0.333. The lowest BCUT2D eigenvalue weighted by molar-refractivity contribution is 0.0709. The molecule has 1 aliphatic heterocycles. The molecule has 0 radical (unpaired) electrons. The Morgan fingerprint density at radius 2 is 2.20 bits per heavy atom. The van der Waals surface area contributed by atoms with E-state index in [1.54, 1.807) is 29.2 Å². The predicted octanol–water partition coefficient (Wildman–Crippen LogP) is 1.36. The lowest BCUT2D eigenvalue weighted by Crippen LogP contribution is -2.40. The first-order chi connectivity index (χ1) is 9.70. The van der Waals surface area contributed by atoms with Crippen LogP contribution >= 0.6 is 0 Å². The first-order valence-corrected chi connectivity index (χ1v) is 6.74. The van der Waals surface area contributed by atoms with Crippen molar-refractivity contribution >= 4 is 16.9 Å². The number of nitrogens with zero attached hydrogens (tertiary/aromatic N) is 1. The van der Waals surface area contributed by atoms with Crippen LogP contribution in [0.5, 0.6) is 0 Å². The van der Waals surface area contributed by atoms with E-state index in [1.807, 2.05) is 0 Å². The van der Waals surface area contributed by atoms with Gasteiger partial charge in [0.2, 0.25) is 0 Å². The summed E-state index contributed by atoms with van der Waals surface area (Å²) >= 11 is 0. The number of carbonyl (C=O) groups excluding carboxylic acids is 1. The second kappa shape index (κ2) is 5.09. The zero-order valence-corrected chi connectivity index (χ0v) is 11.0. The van der Waals surface area contributed by atoms with Gasteiger partial charge in [-0.05, 0) is 25.0 Å². The number of para-hydroxylation sites is 1. The minimum absolute atomic E-state index is 0.0410. The van der Waals surface area contributed by atoms with Gasteiger partial charge in [0.1, 0.15) is 5.58 Å². The third kappa shape index (κ3) is 2.10. The molecular formula is C15H16N2O3. The normalized spacial score (nSPS) is 18.6. The predicted molar refractivity (Wildman–Crippen MR) is 75.6 cm³/mol. The van der Waals surface area contributed by atoms with Gasteiger partial charge >= 0.3 is 0 Å². The molecule has 5 heteroatoms. The van der Waals surface area contributed by atoms with Crippen molar-refractivity contribution in [2.75, 3.05) is 13.1 Å². The van der Waals surface area contributed by atoms with Crippen molar-refractivity contribution < 1.29 is 9.21 Å². The minimum Gasteiger partial charge on any atom is -0.451 e. The van der Waals surface area contributed by atoms with E-state index in [1.165, 1.54) is 6.07 Å². The Morgan fingerprint density at radius 1 is 1.40 bits per heavy atom. The van der Waals surface area contributed by atoms with E-state index < -0.39 is 0 Å². The standard InChI is InChI=1S/C15H16N2O3/c16-9-10-4-3-7-17(10)15(19)14-8-12(18)11-5-1-2-6-13(11)20-14/h1-2,5-6,8,10H,3-4,7,9,16H2. The Bertz CT molecular complexity index is 708. The van der Waals surface area contributed by atoms with Gasteiger partial charge in [-0.1, -0.05) is 12.1 Å². The molecule has 1 amide bonds. The molecule has 1 aliphatic rings. The summed E-state index contributed by atoms with van der Waals surface area (Å²) in [6.45, 7) is 1.10. The largest absolute Gasteiger partial charge is 0.451 e. The highest BCUT2D eigenvalue weighted by Gasteiger charge is 2.30. The molecule has 0 saturated carbocycles. The van der Waals surface area contributed by atoms with E-state index in [0.717, 1.165) is 12.8 Å². The Labute approximate surface area is 116 Å². The van der Waals surface area contributed by atoms with Crippen LogP contribution < -0.4 is 11.2 Å². The minimum atomic E-state index is -0.249. The number of amides is 1. The first kappa shape index (κ1) is 12.9. The van der Waals surface area contributed by atoms with Crippen LogP contribution in [0.15, 0.2) is 39.5 Å². The van der Waals surface area contributed by atoms with Gasteiger partial charge in [-0.2, -0.15) is 0 Å². The van der Waals surface area contributed by atoms with Crippen molar-refractivity contribution in [2.24, 2.45) is 5.73 Å². The maximum Gasteiger partial charge on any atom is 0.290 e. The van der Waals surface area contributed by atoms with Gasteiger partial charge in [0.15, 0.2) is 11.2 Å². The van der Waals surface area contributed by atoms with E-state index >= 15 is 0 Å². The van der Waals surface area contributed by atoms with Crippen LogP contribution in [0.3, 0.4) is 0 Å². The quantitative estimate of drug-likeness (QED) is 0.895. The number of carbonyl (C=O) groups is 1. The molecule has 2 N–H and O–H groups in total. The summed E-state index contributed by atoms with van der Waals surface area (Å²) in [7, 11) is 0. The molecule has 0 bridgehead atoms. The van der Waals surface area contributed by atoms with Crippen LogP contribution in [0, 0.1) is 0 Å². The van der Waals surface area contributed by atoms with E-state index in [4.69, 9.17) is 10.2 Å². The van der Waals surface area contributed by atoms with Crippen LogP contribution in [-0.2, 0) is 0 Å². The van der Waals surface area contributed by atoms with Crippen LogP contribution in [0.1, 0.15) is 23.4 Å². The Morgan fingerprint density at radius 3 is 3.00 bits per heavy atom. The maximum atomic E-state index is 12.4. The second-order valence-electron chi connectivity index (χ2n) is 5.00. The van der Waals surface area contributed by atoms with E-state index in [-0.39, 0.29) is 23.1 Å². The highest BCUT2D eigenvalue weighted by Crippen LogP contribution is 2.20. The highest BCUT2D eigenvalue weighted by molar-refractivity contribution is 5.93. The van der Waals surface area contributed by atoms with Gasteiger partial charge in [0, 0.05) is 25.2 Å². The molecule has 0 spiro atoms. The number of benzene rings is 1. The van der Waals surface area contributed by atoms with Gasteiger partial charge in [-0.3, -0.25) is 9.59 Å². The van der Waals surface area contributed by atoms with E-state index in [9.17, 15) is 9.59 Å². The zero-order valence-electron chi connectivity index (χ0n) is 11.0. The van der Waals surface area contributed by atoms with Crippen molar-refractivity contribution in [3.05, 3.63) is 46.3 Å². The first-order valence-electron chi connectivity index (χ1n) is 6.74. The molecule has 2 heterocycles. The molecule has 1 aromatic heterocycles. The topological polar surface area (TPSA) is 76.5 Å². The summed E-state index contributed by atoms with van der Waals surface area (Å²) < 4.78 is 5.58. The lowest BCUT2D eigenvalue weighted by atomic mass is 10.2.